The second-order valence-electron chi connectivity index (χ2n) is 11.1. The van der Waals surface area contributed by atoms with Crippen molar-refractivity contribution in [2.75, 3.05) is 69.0 Å². The van der Waals surface area contributed by atoms with E-state index in [1.54, 1.807) is 11.0 Å². The summed E-state index contributed by atoms with van der Waals surface area (Å²) >= 11 is 0. The Morgan fingerprint density at radius 2 is 1.75 bits per heavy atom. The van der Waals surface area contributed by atoms with Gasteiger partial charge in [-0.1, -0.05) is 12.1 Å². The molecule has 1 aromatic heterocycles. The molecular formula is C30H39FN6O3. The lowest BCUT2D eigenvalue weighted by Crippen LogP contribution is -2.49. The molecule has 0 spiro atoms. The van der Waals surface area contributed by atoms with Crippen LogP contribution in [-0.4, -0.2) is 86.1 Å². The Bertz CT molecular complexity index is 1250. The second-order valence-corrected chi connectivity index (χ2v) is 11.1. The molecule has 9 nitrogen and oxygen atoms in total. The number of para-hydroxylation sites is 2. The van der Waals surface area contributed by atoms with Gasteiger partial charge < -0.3 is 24.7 Å². The lowest BCUT2D eigenvalue weighted by molar-refractivity contribution is 0.0803. The van der Waals surface area contributed by atoms with Crippen LogP contribution in [0.1, 0.15) is 31.5 Å². The first-order chi connectivity index (χ1) is 19.6. The van der Waals surface area contributed by atoms with Crippen molar-refractivity contribution in [1.82, 2.24) is 20.2 Å². The van der Waals surface area contributed by atoms with Gasteiger partial charge in [0.25, 0.3) is 0 Å². The van der Waals surface area contributed by atoms with E-state index in [0.29, 0.717) is 63.4 Å². The molecule has 3 saturated heterocycles. The summed E-state index contributed by atoms with van der Waals surface area (Å²) in [5, 5.41) is 3.19. The van der Waals surface area contributed by atoms with E-state index in [-0.39, 0.29) is 17.9 Å². The van der Waals surface area contributed by atoms with E-state index in [2.05, 4.69) is 15.2 Å². The van der Waals surface area contributed by atoms with Gasteiger partial charge >= 0.3 is 6.03 Å². The average molecular weight is 551 g/mol. The van der Waals surface area contributed by atoms with Gasteiger partial charge in [-0.15, -0.1) is 0 Å². The highest BCUT2D eigenvalue weighted by Crippen LogP contribution is 2.29. The molecule has 3 fully saturated rings. The number of carbonyl (C=O) groups is 1. The fraction of sp³-hybridized carbons (Fsp3) is 0.533. The molecule has 3 aliphatic rings. The van der Waals surface area contributed by atoms with Gasteiger partial charge in [-0.3, -0.25) is 9.80 Å². The molecule has 214 valence electrons. The Morgan fingerprint density at radius 1 is 1.00 bits per heavy atom. The van der Waals surface area contributed by atoms with E-state index in [4.69, 9.17) is 14.5 Å². The number of halogens is 1. The summed E-state index contributed by atoms with van der Waals surface area (Å²) in [6, 6.07) is 13.2. The fourth-order valence-corrected chi connectivity index (χ4v) is 6.00. The number of likely N-dealkylation sites (tertiary alicyclic amines) is 1. The van der Waals surface area contributed by atoms with E-state index < -0.39 is 0 Å². The number of piperidine rings is 1. The summed E-state index contributed by atoms with van der Waals surface area (Å²) in [6.45, 7) is 7.02. The lowest BCUT2D eigenvalue weighted by Gasteiger charge is -2.36. The maximum Gasteiger partial charge on any atom is 0.322 e. The van der Waals surface area contributed by atoms with Gasteiger partial charge in [0, 0.05) is 44.6 Å². The van der Waals surface area contributed by atoms with Crippen molar-refractivity contribution in [3.05, 3.63) is 54.1 Å². The van der Waals surface area contributed by atoms with Crippen LogP contribution >= 0.6 is 0 Å². The van der Waals surface area contributed by atoms with Crippen LogP contribution in [0, 0.1) is 11.7 Å². The minimum absolute atomic E-state index is 0.0758. The molecule has 2 aromatic carbocycles. The highest BCUT2D eigenvalue weighted by molar-refractivity contribution is 5.92. The number of fused-ring (bicyclic) bond motifs is 1. The zero-order valence-electron chi connectivity index (χ0n) is 23.0. The number of rotatable bonds is 7. The smallest absolute Gasteiger partial charge is 0.322 e. The van der Waals surface area contributed by atoms with Gasteiger partial charge in [0.05, 0.1) is 36.5 Å². The third kappa shape index (κ3) is 6.40. The number of benzene rings is 2. The van der Waals surface area contributed by atoms with Crippen molar-refractivity contribution in [2.24, 2.45) is 5.92 Å². The minimum Gasteiger partial charge on any atom is -0.381 e. The number of morpholine rings is 1. The lowest BCUT2D eigenvalue weighted by atomic mass is 9.96. The largest absolute Gasteiger partial charge is 0.381 e. The standard InChI is InChI=1S/C30H39FN6O3/c31-25-19-24(5-6-28(25)36-13-17-40-18-14-36)37(30(38)32-23-9-15-39-16-10-23)20-22-7-11-35(12-8-22)21-29-33-26-3-1-2-4-27(26)34-29/h1-6,19,22-23H,7-18,20-21H2,(H,32,38)(H,33,34). The topological polar surface area (TPSA) is 86.0 Å². The summed E-state index contributed by atoms with van der Waals surface area (Å²) in [5.74, 6) is 1.01. The molecule has 3 aliphatic heterocycles. The molecule has 0 saturated carbocycles. The van der Waals surface area contributed by atoms with Crippen molar-refractivity contribution in [1.29, 1.82) is 0 Å². The SMILES string of the molecule is O=C(NC1CCOCC1)N(CC1CCN(Cc2nc3ccccc3[nH]2)CC1)c1ccc(N2CCOCC2)c(F)c1. The zero-order valence-corrected chi connectivity index (χ0v) is 23.0. The Kier molecular flexibility index (Phi) is 8.45. The first-order valence-electron chi connectivity index (χ1n) is 14.6. The number of carbonyl (C=O) groups excluding carboxylic acids is 1. The van der Waals surface area contributed by atoms with Crippen molar-refractivity contribution < 1.29 is 18.7 Å². The van der Waals surface area contributed by atoms with Gasteiger partial charge in [0.1, 0.15) is 11.6 Å². The fourth-order valence-electron chi connectivity index (χ4n) is 6.00. The molecule has 0 radical (unpaired) electrons. The molecule has 2 N–H and O–H groups in total. The van der Waals surface area contributed by atoms with E-state index in [1.165, 1.54) is 6.07 Å². The summed E-state index contributed by atoms with van der Waals surface area (Å²) in [4.78, 5) is 27.9. The number of aromatic amines is 1. The molecule has 2 amide bonds. The van der Waals surface area contributed by atoms with Gasteiger partial charge in [0.15, 0.2) is 0 Å². The van der Waals surface area contributed by atoms with Crippen LogP contribution in [0.3, 0.4) is 0 Å². The number of nitrogens with zero attached hydrogens (tertiary/aromatic N) is 4. The maximum atomic E-state index is 15.4. The molecule has 0 aliphatic carbocycles. The maximum absolute atomic E-state index is 15.4. The van der Waals surface area contributed by atoms with Crippen molar-refractivity contribution >= 4 is 28.4 Å². The molecular weight excluding hydrogens is 511 g/mol. The van der Waals surface area contributed by atoms with Crippen molar-refractivity contribution in [2.45, 2.75) is 38.3 Å². The molecule has 6 rings (SSSR count). The van der Waals surface area contributed by atoms with Gasteiger partial charge in [-0.25, -0.2) is 14.2 Å². The third-order valence-corrected chi connectivity index (χ3v) is 8.35. The predicted octanol–water partition coefficient (Wildman–Crippen LogP) is 4.15. The minimum atomic E-state index is -0.302. The normalized spacial score (nSPS) is 19.7. The number of hydrogen-bond acceptors (Lipinski definition) is 6. The number of anilines is 2. The zero-order chi connectivity index (χ0) is 27.3. The Hall–Kier alpha value is -3.21. The molecule has 0 atom stereocenters. The Balaban J connectivity index is 1.12. The monoisotopic (exact) mass is 550 g/mol. The van der Waals surface area contributed by atoms with Crippen molar-refractivity contribution in [3.8, 4) is 0 Å². The van der Waals surface area contributed by atoms with Crippen LogP contribution < -0.4 is 15.1 Å². The van der Waals surface area contributed by atoms with Crippen LogP contribution in [-0.2, 0) is 16.0 Å². The number of H-pyrrole nitrogens is 1. The Morgan fingerprint density at radius 3 is 2.50 bits per heavy atom. The van der Waals surface area contributed by atoms with Gasteiger partial charge in [-0.2, -0.15) is 0 Å². The summed E-state index contributed by atoms with van der Waals surface area (Å²) in [6.07, 6.45) is 3.53. The van der Waals surface area contributed by atoms with E-state index >= 15 is 4.39 Å². The van der Waals surface area contributed by atoms with Crippen LogP contribution in [0.5, 0.6) is 0 Å². The Labute approximate surface area is 234 Å². The average Bonchev–Trinajstić information content (AvgIpc) is 3.40. The number of hydrogen-bond donors (Lipinski definition) is 2. The molecule has 0 bridgehead atoms. The second kappa shape index (κ2) is 12.5. The highest BCUT2D eigenvalue weighted by Gasteiger charge is 2.28. The van der Waals surface area contributed by atoms with Gasteiger partial charge in [0.2, 0.25) is 0 Å². The third-order valence-electron chi connectivity index (χ3n) is 8.35. The first kappa shape index (κ1) is 27.0. The van der Waals surface area contributed by atoms with E-state index in [1.807, 2.05) is 35.2 Å². The van der Waals surface area contributed by atoms with Crippen molar-refractivity contribution in [3.63, 3.8) is 0 Å². The van der Waals surface area contributed by atoms with Crippen LogP contribution in [0.25, 0.3) is 11.0 Å². The van der Waals surface area contributed by atoms with Gasteiger partial charge in [-0.05, 0) is 75.0 Å². The highest BCUT2D eigenvalue weighted by atomic mass is 19.1. The number of aromatic nitrogens is 2. The van der Waals surface area contributed by atoms with E-state index in [9.17, 15) is 4.79 Å². The molecule has 40 heavy (non-hydrogen) atoms. The number of urea groups is 1. The first-order valence-corrected chi connectivity index (χ1v) is 14.6. The number of ether oxygens (including phenoxy) is 2. The molecule has 3 aromatic rings. The number of imidazole rings is 1. The molecule has 4 heterocycles. The van der Waals surface area contributed by atoms with Crippen LogP contribution in [0.15, 0.2) is 42.5 Å². The van der Waals surface area contributed by atoms with Crippen LogP contribution in [0.4, 0.5) is 20.6 Å². The molecule has 10 heteroatoms. The summed E-state index contributed by atoms with van der Waals surface area (Å²) in [7, 11) is 0. The van der Waals surface area contributed by atoms with E-state index in [0.717, 1.165) is 62.2 Å². The summed E-state index contributed by atoms with van der Waals surface area (Å²) in [5.41, 5.74) is 3.22. The number of nitrogens with one attached hydrogen (secondary N) is 2. The quantitative estimate of drug-likeness (QED) is 0.460. The van der Waals surface area contributed by atoms with Crippen LogP contribution in [0.2, 0.25) is 0 Å². The molecule has 0 unspecified atom stereocenters. The summed E-state index contributed by atoms with van der Waals surface area (Å²) < 4.78 is 26.2. The number of amides is 2. The predicted molar refractivity (Wildman–Crippen MR) is 153 cm³/mol.